The molecule has 0 aromatic heterocycles. The Bertz CT molecular complexity index is 439. The van der Waals surface area contributed by atoms with Crippen molar-refractivity contribution in [2.24, 2.45) is 5.41 Å². The molecule has 0 fully saturated rings. The molecular weight excluding hydrogens is 288 g/mol. The van der Waals surface area contributed by atoms with E-state index in [-0.39, 0.29) is 6.61 Å². The maximum atomic E-state index is 11.1. The summed E-state index contributed by atoms with van der Waals surface area (Å²) >= 11 is 0. The number of hydrogen-bond donors (Lipinski definition) is 2. The van der Waals surface area contributed by atoms with Crippen LogP contribution in [0.2, 0.25) is 0 Å². The fraction of sp³-hybridized carbons (Fsp3) is 0.750. The van der Waals surface area contributed by atoms with Crippen molar-refractivity contribution < 1.29 is 31.8 Å². The van der Waals surface area contributed by atoms with Crippen LogP contribution in [0.5, 0.6) is 0 Å². The van der Waals surface area contributed by atoms with Gasteiger partial charge in [0.25, 0.3) is 0 Å². The molecule has 0 bridgehead atoms. The first kappa shape index (κ1) is 19.0. The molecule has 0 heterocycles. The van der Waals surface area contributed by atoms with Crippen LogP contribution in [0.15, 0.2) is 12.2 Å². The molecule has 0 aromatic rings. The highest BCUT2D eigenvalue weighted by atomic mass is 32.3. The second-order valence-corrected chi connectivity index (χ2v) is 6.33. The van der Waals surface area contributed by atoms with Crippen molar-refractivity contribution in [1.82, 2.24) is 0 Å². The van der Waals surface area contributed by atoms with Crippen LogP contribution in [0, 0.1) is 5.41 Å². The van der Waals surface area contributed by atoms with Crippen LogP contribution in [0.3, 0.4) is 0 Å². The van der Waals surface area contributed by atoms with Gasteiger partial charge in [-0.15, -0.1) is 0 Å². The second kappa shape index (κ2) is 7.72. The fourth-order valence-corrected chi connectivity index (χ4v) is 1.66. The molecular formula is C12H22O7S. The zero-order valence-corrected chi connectivity index (χ0v) is 12.8. The zero-order chi connectivity index (χ0) is 16.0. The number of hydrogen-bond acceptors (Lipinski definition) is 6. The average Bonchev–Trinajstić information content (AvgIpc) is 2.30. The number of carbonyl (C=O) groups is 1. The molecule has 0 saturated carbocycles. The van der Waals surface area contributed by atoms with Crippen molar-refractivity contribution in [3.8, 4) is 0 Å². The Kier molecular flexibility index (Phi) is 7.35. The SMILES string of the molecule is C=C(C)C(=O)OCCCC(C)(C)C(O)COS(=O)(=O)O. The molecule has 0 aromatic carbocycles. The third-order valence-corrected chi connectivity index (χ3v) is 3.26. The molecule has 0 rings (SSSR count). The van der Waals surface area contributed by atoms with E-state index in [9.17, 15) is 18.3 Å². The smallest absolute Gasteiger partial charge is 0.397 e. The van der Waals surface area contributed by atoms with Crippen LogP contribution >= 0.6 is 0 Å². The van der Waals surface area contributed by atoms with E-state index >= 15 is 0 Å². The van der Waals surface area contributed by atoms with Gasteiger partial charge in [0.05, 0.1) is 19.3 Å². The van der Waals surface area contributed by atoms with Crippen molar-refractivity contribution in [3.05, 3.63) is 12.2 Å². The van der Waals surface area contributed by atoms with Gasteiger partial charge in [0.1, 0.15) is 0 Å². The van der Waals surface area contributed by atoms with E-state index in [0.717, 1.165) is 0 Å². The van der Waals surface area contributed by atoms with E-state index in [1.54, 1.807) is 20.8 Å². The quantitative estimate of drug-likeness (QED) is 0.284. The summed E-state index contributed by atoms with van der Waals surface area (Å²) in [4.78, 5) is 11.1. The van der Waals surface area contributed by atoms with Gasteiger partial charge in [0.15, 0.2) is 0 Å². The third-order valence-electron chi connectivity index (χ3n) is 2.82. The minimum atomic E-state index is -4.56. The van der Waals surface area contributed by atoms with Crippen LogP contribution in [0.25, 0.3) is 0 Å². The summed E-state index contributed by atoms with van der Waals surface area (Å²) in [6.07, 6.45) is -0.109. The van der Waals surface area contributed by atoms with Crippen molar-refractivity contribution in [3.63, 3.8) is 0 Å². The van der Waals surface area contributed by atoms with Gasteiger partial charge in [-0.3, -0.25) is 4.55 Å². The standard InChI is InChI=1S/C12H22O7S/c1-9(2)11(14)18-7-5-6-12(3,4)10(13)8-19-20(15,16)17/h10,13H,1,5-8H2,2-4H3,(H,15,16,17). The molecule has 118 valence electrons. The third kappa shape index (κ3) is 8.26. The van der Waals surface area contributed by atoms with Gasteiger partial charge in [0, 0.05) is 5.57 Å². The lowest BCUT2D eigenvalue weighted by molar-refractivity contribution is -0.139. The van der Waals surface area contributed by atoms with Crippen LogP contribution in [0.1, 0.15) is 33.6 Å². The highest BCUT2D eigenvalue weighted by Crippen LogP contribution is 2.27. The van der Waals surface area contributed by atoms with Crippen LogP contribution in [-0.2, 0) is 24.1 Å². The van der Waals surface area contributed by atoms with Gasteiger partial charge >= 0.3 is 16.4 Å². The summed E-state index contributed by atoms with van der Waals surface area (Å²) in [7, 11) is -4.56. The molecule has 2 N–H and O–H groups in total. The lowest BCUT2D eigenvalue weighted by Gasteiger charge is -2.29. The van der Waals surface area contributed by atoms with E-state index in [1.165, 1.54) is 0 Å². The topological polar surface area (TPSA) is 110 Å². The Balaban J connectivity index is 4.11. The first-order valence-corrected chi connectivity index (χ1v) is 7.45. The lowest BCUT2D eigenvalue weighted by atomic mass is 9.82. The Hall–Kier alpha value is -0.960. The highest BCUT2D eigenvalue weighted by molar-refractivity contribution is 7.80. The van der Waals surface area contributed by atoms with Crippen LogP contribution in [0.4, 0.5) is 0 Å². The normalized spacial score (nSPS) is 13.8. The monoisotopic (exact) mass is 310 g/mol. The summed E-state index contributed by atoms with van der Waals surface area (Å²) in [5.41, 5.74) is -0.341. The molecule has 20 heavy (non-hydrogen) atoms. The molecule has 8 heteroatoms. The molecule has 7 nitrogen and oxygen atoms in total. The molecule has 0 saturated heterocycles. The molecule has 0 radical (unpaired) electrons. The van der Waals surface area contributed by atoms with Gasteiger partial charge in [0.2, 0.25) is 0 Å². The molecule has 0 aliphatic rings. The molecule has 1 atom stereocenters. The van der Waals surface area contributed by atoms with Crippen molar-refractivity contribution in [2.45, 2.75) is 39.7 Å². The van der Waals surface area contributed by atoms with E-state index in [4.69, 9.17) is 9.29 Å². The summed E-state index contributed by atoms with van der Waals surface area (Å²) in [6.45, 7) is 8.07. The predicted octanol–water partition coefficient (Wildman–Crippen LogP) is 1.09. The highest BCUT2D eigenvalue weighted by Gasteiger charge is 2.29. The van der Waals surface area contributed by atoms with Crippen molar-refractivity contribution >= 4 is 16.4 Å². The van der Waals surface area contributed by atoms with Gasteiger partial charge in [-0.05, 0) is 25.2 Å². The zero-order valence-electron chi connectivity index (χ0n) is 12.0. The summed E-state index contributed by atoms with van der Waals surface area (Å²) < 4.78 is 38.3. The number of ether oxygens (including phenoxy) is 1. The second-order valence-electron chi connectivity index (χ2n) is 5.24. The summed E-state index contributed by atoms with van der Waals surface area (Å²) in [6, 6.07) is 0. The van der Waals surface area contributed by atoms with Crippen molar-refractivity contribution in [2.75, 3.05) is 13.2 Å². The maximum absolute atomic E-state index is 11.1. The minimum absolute atomic E-state index is 0.182. The lowest BCUT2D eigenvalue weighted by Crippen LogP contribution is -2.34. The van der Waals surface area contributed by atoms with Gasteiger partial charge in [-0.2, -0.15) is 8.42 Å². The van der Waals surface area contributed by atoms with Gasteiger partial charge in [-0.25, -0.2) is 8.98 Å². The average molecular weight is 310 g/mol. The predicted molar refractivity (Wildman–Crippen MR) is 72.3 cm³/mol. The Morgan fingerprint density at radius 3 is 2.40 bits per heavy atom. The summed E-state index contributed by atoms with van der Waals surface area (Å²) in [5, 5.41) is 9.81. The summed E-state index contributed by atoms with van der Waals surface area (Å²) in [5.74, 6) is -0.474. The first-order chi connectivity index (χ1) is 8.96. The number of carbonyl (C=O) groups excluding carboxylic acids is 1. The maximum Gasteiger partial charge on any atom is 0.397 e. The van der Waals surface area contributed by atoms with E-state index in [1.807, 2.05) is 0 Å². The first-order valence-electron chi connectivity index (χ1n) is 6.08. The number of esters is 1. The Morgan fingerprint density at radius 1 is 1.40 bits per heavy atom. The Labute approximate surface area is 119 Å². The van der Waals surface area contributed by atoms with E-state index < -0.39 is 34.5 Å². The number of aliphatic hydroxyl groups is 1. The van der Waals surface area contributed by atoms with Crippen LogP contribution in [-0.4, -0.2) is 43.4 Å². The molecule has 0 aliphatic heterocycles. The minimum Gasteiger partial charge on any atom is -0.462 e. The molecule has 0 aliphatic carbocycles. The molecule has 0 amide bonds. The van der Waals surface area contributed by atoms with E-state index in [2.05, 4.69) is 10.8 Å². The largest absolute Gasteiger partial charge is 0.462 e. The Morgan fingerprint density at radius 2 is 1.95 bits per heavy atom. The van der Waals surface area contributed by atoms with Gasteiger partial charge < -0.3 is 9.84 Å². The van der Waals surface area contributed by atoms with Crippen molar-refractivity contribution in [1.29, 1.82) is 0 Å². The number of rotatable bonds is 9. The fourth-order valence-electron chi connectivity index (χ4n) is 1.36. The number of aliphatic hydroxyl groups excluding tert-OH is 1. The van der Waals surface area contributed by atoms with E-state index in [0.29, 0.717) is 18.4 Å². The van der Waals surface area contributed by atoms with Gasteiger partial charge in [-0.1, -0.05) is 20.4 Å². The molecule has 0 spiro atoms. The van der Waals surface area contributed by atoms with Crippen LogP contribution < -0.4 is 0 Å². The molecule has 1 unspecified atom stereocenters.